The number of ether oxygens (including phenoxy) is 2. The summed E-state index contributed by atoms with van der Waals surface area (Å²) >= 11 is 0. The lowest BCUT2D eigenvalue weighted by atomic mass is 9.97. The first-order chi connectivity index (χ1) is 8.46. The van der Waals surface area contributed by atoms with Crippen LogP contribution < -0.4 is 0 Å². The summed E-state index contributed by atoms with van der Waals surface area (Å²) in [6, 6.07) is -1.30. The van der Waals surface area contributed by atoms with Crippen molar-refractivity contribution in [1.29, 1.82) is 0 Å². The van der Waals surface area contributed by atoms with Gasteiger partial charge in [-0.25, -0.2) is 0 Å². The molecule has 0 saturated carbocycles. The minimum absolute atomic E-state index is 0.540. The second-order valence-electron chi connectivity index (χ2n) is 5.45. The highest BCUT2D eigenvalue weighted by Crippen LogP contribution is 2.19. The normalized spacial score (nSPS) is 16.1. The third kappa shape index (κ3) is 5.67. The maximum Gasteiger partial charge on any atom is 0.311 e. The van der Waals surface area contributed by atoms with E-state index in [0.29, 0.717) is 0 Å². The Hall–Kier alpha value is -1.66. The largest absolute Gasteiger partial charge is 0.455 e. The molecule has 3 atom stereocenters. The quantitative estimate of drug-likeness (QED) is 0.429. The Morgan fingerprint density at radius 2 is 1.53 bits per heavy atom. The van der Waals surface area contributed by atoms with E-state index in [-0.39, 0.29) is 0 Å². The maximum absolute atomic E-state index is 11.7. The summed E-state index contributed by atoms with van der Waals surface area (Å²) in [6.07, 6.45) is -1.97. The smallest absolute Gasteiger partial charge is 0.311 e. The average molecular weight is 275 g/mol. The zero-order valence-corrected chi connectivity index (χ0v) is 12.1. The molecule has 19 heavy (non-hydrogen) atoms. The van der Waals surface area contributed by atoms with Crippen LogP contribution in [0.2, 0.25) is 0 Å². The highest BCUT2D eigenvalue weighted by molar-refractivity contribution is 5.75. The third-order valence-electron chi connectivity index (χ3n) is 2.46. The Labute approximate surface area is 112 Å². The molecule has 0 aromatic rings. The fourth-order valence-electron chi connectivity index (χ4n) is 1.47. The number of carbonyl (C=O) groups is 2. The van der Waals surface area contributed by atoms with E-state index in [1.54, 1.807) is 20.8 Å². The molecule has 0 aliphatic carbocycles. The van der Waals surface area contributed by atoms with Crippen molar-refractivity contribution in [2.45, 2.75) is 59.8 Å². The Morgan fingerprint density at radius 3 is 1.84 bits per heavy atom. The van der Waals surface area contributed by atoms with Crippen LogP contribution in [0.4, 0.5) is 0 Å². The van der Waals surface area contributed by atoms with E-state index >= 15 is 0 Å². The van der Waals surface area contributed by atoms with Gasteiger partial charge in [0, 0.05) is 11.8 Å². The van der Waals surface area contributed by atoms with Gasteiger partial charge < -0.3 is 9.47 Å². The molecule has 0 radical (unpaired) electrons. The molecule has 0 bridgehead atoms. The van der Waals surface area contributed by atoms with E-state index in [4.69, 9.17) is 9.47 Å². The zero-order chi connectivity index (χ0) is 15.4. The highest BCUT2D eigenvalue weighted by atomic mass is 16.6. The first-order valence-corrected chi connectivity index (χ1v) is 5.98. The van der Waals surface area contributed by atoms with Gasteiger partial charge in [0.05, 0.1) is 5.41 Å². The van der Waals surface area contributed by atoms with Crippen molar-refractivity contribution >= 4 is 11.9 Å². The van der Waals surface area contributed by atoms with E-state index < -0.39 is 40.5 Å². The molecule has 0 amide bonds. The molecule has 0 aromatic heterocycles. The fourth-order valence-corrected chi connectivity index (χ4v) is 1.47. The van der Waals surface area contributed by atoms with Crippen molar-refractivity contribution < 1.29 is 24.0 Å². The van der Waals surface area contributed by atoms with Crippen molar-refractivity contribution in [3.63, 3.8) is 0 Å². The number of rotatable bonds is 5. The summed E-state index contributed by atoms with van der Waals surface area (Å²) in [6.45, 7) is 8.93. The number of nitrogens with zero attached hydrogens (tertiary/aromatic N) is 1. The van der Waals surface area contributed by atoms with Crippen molar-refractivity contribution in [3.8, 4) is 0 Å². The van der Waals surface area contributed by atoms with Crippen LogP contribution in [-0.4, -0.2) is 35.1 Å². The molecule has 7 nitrogen and oxygen atoms in total. The molecule has 0 aliphatic heterocycles. The SMILES string of the molecule is CC(=O)O[C@@H](C)[C@H]([C@@H](C)OC(=O)C(C)(C)C)[N+](=O)[O-]. The van der Waals surface area contributed by atoms with E-state index in [1.165, 1.54) is 20.8 Å². The predicted molar refractivity (Wildman–Crippen MR) is 67.0 cm³/mol. The minimum atomic E-state index is -1.30. The molecule has 0 unspecified atom stereocenters. The van der Waals surface area contributed by atoms with Gasteiger partial charge in [-0.15, -0.1) is 0 Å². The highest BCUT2D eigenvalue weighted by Gasteiger charge is 2.40. The Morgan fingerprint density at radius 1 is 1.11 bits per heavy atom. The van der Waals surface area contributed by atoms with E-state index in [9.17, 15) is 19.7 Å². The van der Waals surface area contributed by atoms with Crippen LogP contribution in [-0.2, 0) is 19.1 Å². The Balaban J connectivity index is 4.86. The molecule has 110 valence electrons. The fraction of sp³-hybridized carbons (Fsp3) is 0.833. The van der Waals surface area contributed by atoms with Gasteiger partial charge in [-0.1, -0.05) is 0 Å². The van der Waals surface area contributed by atoms with Crippen LogP contribution in [0.3, 0.4) is 0 Å². The molecule has 0 aliphatic rings. The lowest BCUT2D eigenvalue weighted by molar-refractivity contribution is -0.543. The number of hydrogen-bond donors (Lipinski definition) is 0. The molecule has 0 fully saturated rings. The first-order valence-electron chi connectivity index (χ1n) is 5.98. The molecular formula is C12H21NO6. The lowest BCUT2D eigenvalue weighted by Crippen LogP contribution is -2.45. The van der Waals surface area contributed by atoms with Gasteiger partial charge in [-0.3, -0.25) is 19.7 Å². The van der Waals surface area contributed by atoms with Crippen molar-refractivity contribution in [1.82, 2.24) is 0 Å². The Bertz CT molecular complexity index is 360. The standard InChI is InChI=1S/C12H21NO6/c1-7(18-9(3)14)10(13(16)17)8(2)19-11(15)12(4,5)6/h7-8,10H,1-6H3/t7-,8+,10+/m0/s1. The minimum Gasteiger partial charge on any atom is -0.455 e. The van der Waals surface area contributed by atoms with Gasteiger partial charge >= 0.3 is 11.9 Å². The molecule has 0 rings (SSSR count). The number of nitro groups is 1. The zero-order valence-electron chi connectivity index (χ0n) is 12.1. The van der Waals surface area contributed by atoms with Crippen molar-refractivity contribution in [2.24, 2.45) is 5.41 Å². The first kappa shape index (κ1) is 17.3. The number of hydrogen-bond acceptors (Lipinski definition) is 6. The van der Waals surface area contributed by atoms with Crippen molar-refractivity contribution in [3.05, 3.63) is 10.1 Å². The summed E-state index contributed by atoms with van der Waals surface area (Å²) in [7, 11) is 0. The Kier molecular flexibility index (Phi) is 5.92. The predicted octanol–water partition coefficient (Wildman–Crippen LogP) is 1.56. The summed E-state index contributed by atoms with van der Waals surface area (Å²) in [5.41, 5.74) is -0.750. The molecule has 0 spiro atoms. The monoisotopic (exact) mass is 275 g/mol. The van der Waals surface area contributed by atoms with Crippen LogP contribution in [0.5, 0.6) is 0 Å². The maximum atomic E-state index is 11.7. The third-order valence-corrected chi connectivity index (χ3v) is 2.46. The molecular weight excluding hydrogens is 254 g/mol. The molecule has 0 saturated heterocycles. The van der Waals surface area contributed by atoms with Gasteiger partial charge in [0.2, 0.25) is 0 Å². The number of carbonyl (C=O) groups excluding carboxylic acids is 2. The summed E-state index contributed by atoms with van der Waals surface area (Å²) in [5.74, 6) is -1.16. The summed E-state index contributed by atoms with van der Waals surface area (Å²) in [5, 5.41) is 11.0. The molecule has 0 heterocycles. The van der Waals surface area contributed by atoms with Gasteiger partial charge in [-0.2, -0.15) is 0 Å². The van der Waals surface area contributed by atoms with Crippen LogP contribution >= 0.6 is 0 Å². The van der Waals surface area contributed by atoms with E-state index in [2.05, 4.69) is 0 Å². The lowest BCUT2D eigenvalue weighted by Gasteiger charge is -2.25. The van der Waals surface area contributed by atoms with Crippen molar-refractivity contribution in [2.75, 3.05) is 0 Å². The average Bonchev–Trinajstić information content (AvgIpc) is 2.13. The van der Waals surface area contributed by atoms with Gasteiger partial charge in [0.15, 0.2) is 12.2 Å². The van der Waals surface area contributed by atoms with Gasteiger partial charge in [-0.05, 0) is 34.6 Å². The topological polar surface area (TPSA) is 95.7 Å². The molecule has 7 heteroatoms. The van der Waals surface area contributed by atoms with Crippen LogP contribution in [0.1, 0.15) is 41.5 Å². The van der Waals surface area contributed by atoms with Gasteiger partial charge in [0.1, 0.15) is 0 Å². The van der Waals surface area contributed by atoms with Crippen LogP contribution in [0.25, 0.3) is 0 Å². The second kappa shape index (κ2) is 6.49. The summed E-state index contributed by atoms with van der Waals surface area (Å²) < 4.78 is 9.86. The second-order valence-corrected chi connectivity index (χ2v) is 5.45. The van der Waals surface area contributed by atoms with E-state index in [1.807, 2.05) is 0 Å². The summed E-state index contributed by atoms with van der Waals surface area (Å²) in [4.78, 5) is 32.9. The molecule has 0 aromatic carbocycles. The van der Waals surface area contributed by atoms with Crippen LogP contribution in [0.15, 0.2) is 0 Å². The van der Waals surface area contributed by atoms with Crippen LogP contribution in [0, 0.1) is 15.5 Å². The molecule has 0 N–H and O–H groups in total. The van der Waals surface area contributed by atoms with Gasteiger partial charge in [0.25, 0.3) is 6.04 Å². The van der Waals surface area contributed by atoms with E-state index in [0.717, 1.165) is 0 Å². The number of esters is 2.